The Bertz CT molecular complexity index is 1120. The topological polar surface area (TPSA) is 67.6 Å². The van der Waals surface area contributed by atoms with Crippen molar-refractivity contribution in [1.82, 2.24) is 24.6 Å². The highest BCUT2D eigenvalue weighted by molar-refractivity contribution is 7.71. The minimum Gasteiger partial charge on any atom is -0.345 e. The van der Waals surface area contributed by atoms with Crippen molar-refractivity contribution in [2.75, 3.05) is 0 Å². The third-order valence-corrected chi connectivity index (χ3v) is 5.86. The molecule has 2 N–H and O–H groups in total. The van der Waals surface area contributed by atoms with Gasteiger partial charge in [0.15, 0.2) is 10.6 Å². The zero-order chi connectivity index (χ0) is 20.7. The Labute approximate surface area is 176 Å². The van der Waals surface area contributed by atoms with Gasteiger partial charge in [0.2, 0.25) is 0 Å². The third kappa shape index (κ3) is 3.79. The molecule has 3 aromatic rings. The van der Waals surface area contributed by atoms with Gasteiger partial charge < -0.3 is 9.88 Å². The van der Waals surface area contributed by atoms with Crippen molar-refractivity contribution < 1.29 is 4.79 Å². The Hall–Kier alpha value is -2.67. The molecule has 0 aliphatic heterocycles. The maximum absolute atomic E-state index is 12.9. The molecular weight excluding hydrogens is 382 g/mol. The maximum atomic E-state index is 12.9. The van der Waals surface area contributed by atoms with E-state index in [1.807, 2.05) is 24.5 Å². The number of benzene rings is 1. The first-order valence-electron chi connectivity index (χ1n) is 10.1. The molecule has 0 saturated heterocycles. The van der Waals surface area contributed by atoms with E-state index < -0.39 is 0 Å². The average Bonchev–Trinajstić information content (AvgIpc) is 3.39. The standard InChI is InChI=1S/C22H27N5OS/c1-13(2)16-6-5-7-18(11-16)26-14(3)10-19(15(26)4)21(28)23-12-20-24-25-22(29)27(20)17-8-9-17/h5-7,10-11,13,17H,8-9,12H2,1-4H3,(H,23,28)(H,25,29). The van der Waals surface area contributed by atoms with Crippen LogP contribution >= 0.6 is 12.2 Å². The SMILES string of the molecule is Cc1cc(C(=O)NCc2n[nH]c(=S)n2C2CC2)c(C)n1-c1cccc(C(C)C)c1. The molecule has 1 fully saturated rings. The van der Waals surface area contributed by atoms with Gasteiger partial charge in [-0.05, 0) is 68.6 Å². The summed E-state index contributed by atoms with van der Waals surface area (Å²) in [5, 5.41) is 10.1. The Morgan fingerprint density at radius 1 is 1.31 bits per heavy atom. The van der Waals surface area contributed by atoms with Crippen LogP contribution in [0.1, 0.15) is 71.8 Å². The molecule has 1 aliphatic carbocycles. The van der Waals surface area contributed by atoms with Gasteiger partial charge in [-0.25, -0.2) is 0 Å². The average molecular weight is 410 g/mol. The Kier molecular flexibility index (Phi) is 5.17. The van der Waals surface area contributed by atoms with Crippen LogP contribution in [0.4, 0.5) is 0 Å². The number of nitrogens with zero attached hydrogens (tertiary/aromatic N) is 3. The lowest BCUT2D eigenvalue weighted by Gasteiger charge is -2.13. The fourth-order valence-corrected chi connectivity index (χ4v) is 4.14. The van der Waals surface area contributed by atoms with Crippen LogP contribution in [0, 0.1) is 18.6 Å². The Balaban J connectivity index is 1.57. The molecule has 1 aromatic carbocycles. The first-order valence-corrected chi connectivity index (χ1v) is 10.5. The number of amides is 1. The van der Waals surface area contributed by atoms with E-state index in [2.05, 4.69) is 58.2 Å². The van der Waals surface area contributed by atoms with E-state index in [9.17, 15) is 4.79 Å². The van der Waals surface area contributed by atoms with Crippen molar-refractivity contribution in [3.05, 3.63) is 63.4 Å². The predicted octanol–water partition coefficient (Wildman–Crippen LogP) is 4.74. The maximum Gasteiger partial charge on any atom is 0.253 e. The lowest BCUT2D eigenvalue weighted by molar-refractivity contribution is 0.0949. The fourth-order valence-electron chi connectivity index (χ4n) is 3.84. The van der Waals surface area contributed by atoms with Gasteiger partial charge in [-0.1, -0.05) is 26.0 Å². The predicted molar refractivity (Wildman–Crippen MR) is 116 cm³/mol. The third-order valence-electron chi connectivity index (χ3n) is 5.57. The molecule has 1 saturated carbocycles. The minimum absolute atomic E-state index is 0.0966. The summed E-state index contributed by atoms with van der Waals surface area (Å²) in [6, 6.07) is 10.9. The van der Waals surface area contributed by atoms with Gasteiger partial charge in [-0.15, -0.1) is 0 Å². The number of H-pyrrole nitrogens is 1. The van der Waals surface area contributed by atoms with E-state index in [4.69, 9.17) is 12.2 Å². The second-order valence-corrected chi connectivity index (χ2v) is 8.49. The molecule has 152 valence electrons. The van der Waals surface area contributed by atoms with Crippen LogP contribution in [0.5, 0.6) is 0 Å². The number of carbonyl (C=O) groups excluding carboxylic acids is 1. The van der Waals surface area contributed by atoms with Gasteiger partial charge in [0.05, 0.1) is 12.1 Å². The van der Waals surface area contributed by atoms with E-state index in [-0.39, 0.29) is 5.91 Å². The normalized spacial score (nSPS) is 13.8. The van der Waals surface area contributed by atoms with Crippen LogP contribution in [0.15, 0.2) is 30.3 Å². The number of aromatic amines is 1. The lowest BCUT2D eigenvalue weighted by Crippen LogP contribution is -2.25. The summed E-state index contributed by atoms with van der Waals surface area (Å²) in [4.78, 5) is 12.9. The van der Waals surface area contributed by atoms with E-state index in [0.717, 1.165) is 35.7 Å². The first kappa shape index (κ1) is 19.6. The zero-order valence-corrected chi connectivity index (χ0v) is 18.1. The molecule has 6 nitrogen and oxygen atoms in total. The number of aromatic nitrogens is 4. The molecule has 1 aliphatic rings. The number of rotatable bonds is 6. The monoisotopic (exact) mass is 409 g/mol. The Morgan fingerprint density at radius 3 is 2.76 bits per heavy atom. The molecule has 0 unspecified atom stereocenters. The molecule has 0 bridgehead atoms. The van der Waals surface area contributed by atoms with E-state index >= 15 is 0 Å². The van der Waals surface area contributed by atoms with Crippen molar-refractivity contribution in [2.45, 2.75) is 59.0 Å². The number of nitrogens with one attached hydrogen (secondary N) is 2. The second kappa shape index (κ2) is 7.63. The summed E-state index contributed by atoms with van der Waals surface area (Å²) in [5.74, 6) is 1.14. The molecule has 1 amide bonds. The van der Waals surface area contributed by atoms with Crippen LogP contribution < -0.4 is 5.32 Å². The zero-order valence-electron chi connectivity index (χ0n) is 17.3. The van der Waals surface area contributed by atoms with Gasteiger partial charge in [0, 0.05) is 23.1 Å². The smallest absolute Gasteiger partial charge is 0.253 e. The van der Waals surface area contributed by atoms with Crippen LogP contribution in [0.2, 0.25) is 0 Å². The highest BCUT2D eigenvalue weighted by Gasteiger charge is 2.27. The van der Waals surface area contributed by atoms with Crippen LogP contribution in [0.25, 0.3) is 5.69 Å². The van der Waals surface area contributed by atoms with Gasteiger partial charge in [-0.2, -0.15) is 5.10 Å². The number of hydrogen-bond acceptors (Lipinski definition) is 3. The van der Waals surface area contributed by atoms with Gasteiger partial charge >= 0.3 is 0 Å². The molecule has 0 spiro atoms. The molecule has 0 radical (unpaired) electrons. The molecule has 2 aromatic heterocycles. The van der Waals surface area contributed by atoms with Crippen molar-refractivity contribution >= 4 is 18.1 Å². The first-order chi connectivity index (χ1) is 13.9. The number of aryl methyl sites for hydroxylation is 1. The van der Waals surface area contributed by atoms with E-state index in [1.165, 1.54) is 5.56 Å². The van der Waals surface area contributed by atoms with E-state index in [1.54, 1.807) is 0 Å². The van der Waals surface area contributed by atoms with Crippen molar-refractivity contribution in [3.8, 4) is 5.69 Å². The largest absolute Gasteiger partial charge is 0.345 e. The molecule has 7 heteroatoms. The highest BCUT2D eigenvalue weighted by atomic mass is 32.1. The summed E-state index contributed by atoms with van der Waals surface area (Å²) in [5.41, 5.74) is 5.02. The van der Waals surface area contributed by atoms with Gasteiger partial charge in [-0.3, -0.25) is 14.5 Å². The molecule has 29 heavy (non-hydrogen) atoms. The minimum atomic E-state index is -0.0966. The molecular formula is C22H27N5OS. The molecule has 0 atom stereocenters. The molecule has 4 rings (SSSR count). The summed E-state index contributed by atoms with van der Waals surface area (Å²) in [7, 11) is 0. The number of carbonyl (C=O) groups is 1. The second-order valence-electron chi connectivity index (χ2n) is 8.10. The quantitative estimate of drug-likeness (QED) is 0.578. The van der Waals surface area contributed by atoms with Gasteiger partial charge in [0.1, 0.15) is 0 Å². The van der Waals surface area contributed by atoms with Crippen molar-refractivity contribution in [1.29, 1.82) is 0 Å². The van der Waals surface area contributed by atoms with Crippen LogP contribution in [-0.2, 0) is 6.54 Å². The lowest BCUT2D eigenvalue weighted by atomic mass is 10.0. The van der Waals surface area contributed by atoms with E-state index in [0.29, 0.717) is 28.8 Å². The summed E-state index contributed by atoms with van der Waals surface area (Å²) >= 11 is 5.32. The van der Waals surface area contributed by atoms with Crippen molar-refractivity contribution in [3.63, 3.8) is 0 Å². The fraction of sp³-hybridized carbons (Fsp3) is 0.409. The Morgan fingerprint density at radius 2 is 2.07 bits per heavy atom. The summed E-state index contributed by atoms with van der Waals surface area (Å²) in [6.07, 6.45) is 2.23. The summed E-state index contributed by atoms with van der Waals surface area (Å²) < 4.78 is 4.79. The van der Waals surface area contributed by atoms with Crippen LogP contribution in [0.3, 0.4) is 0 Å². The highest BCUT2D eigenvalue weighted by Crippen LogP contribution is 2.35. The van der Waals surface area contributed by atoms with Crippen molar-refractivity contribution in [2.24, 2.45) is 0 Å². The van der Waals surface area contributed by atoms with Crippen LogP contribution in [-0.4, -0.2) is 25.2 Å². The summed E-state index contributed by atoms with van der Waals surface area (Å²) in [6.45, 7) is 8.75. The van der Waals surface area contributed by atoms with Gasteiger partial charge in [0.25, 0.3) is 5.91 Å². The molecule has 2 heterocycles. The number of hydrogen-bond donors (Lipinski definition) is 2.